The summed E-state index contributed by atoms with van der Waals surface area (Å²) in [5.41, 5.74) is 5.54. The van der Waals surface area contributed by atoms with Crippen LogP contribution in [0.1, 0.15) is 54.0 Å². The van der Waals surface area contributed by atoms with Gasteiger partial charge in [0.25, 0.3) is 0 Å². The molecule has 2 rings (SSSR count). The fourth-order valence-corrected chi connectivity index (χ4v) is 3.42. The maximum absolute atomic E-state index is 6.06. The van der Waals surface area contributed by atoms with Crippen LogP contribution < -0.4 is 14.2 Å². The summed E-state index contributed by atoms with van der Waals surface area (Å²) in [6, 6.07) is 8.09. The third kappa shape index (κ3) is 7.63. The summed E-state index contributed by atoms with van der Waals surface area (Å²) < 4.78 is 17.8. The second-order valence-corrected chi connectivity index (χ2v) is 7.84. The number of rotatable bonds is 13. The summed E-state index contributed by atoms with van der Waals surface area (Å²) in [7, 11) is 1.54. The van der Waals surface area contributed by atoms with E-state index in [2.05, 4.69) is 32.9 Å². The summed E-state index contributed by atoms with van der Waals surface area (Å²) in [6.45, 7) is 12.2. The molecule has 0 heterocycles. The molecule has 0 aliphatic heterocycles. The summed E-state index contributed by atoms with van der Waals surface area (Å²) in [5, 5.41) is 3.84. The van der Waals surface area contributed by atoms with Gasteiger partial charge in [0.2, 0.25) is 0 Å². The van der Waals surface area contributed by atoms with Gasteiger partial charge in [0.05, 0.1) is 19.4 Å². The van der Waals surface area contributed by atoms with Crippen LogP contribution in [0.5, 0.6) is 17.2 Å². The van der Waals surface area contributed by atoms with Crippen LogP contribution >= 0.6 is 0 Å². The highest BCUT2D eigenvalue weighted by atomic mass is 16.6. The molecule has 0 N–H and O–H groups in total. The van der Waals surface area contributed by atoms with E-state index >= 15 is 0 Å². The highest BCUT2D eigenvalue weighted by Crippen LogP contribution is 2.29. The number of allylic oxidation sites excluding steroid dienone is 1. The Hall–Kier alpha value is -2.95. The molecule has 0 unspecified atom stereocenters. The van der Waals surface area contributed by atoms with E-state index in [0.29, 0.717) is 19.8 Å². The van der Waals surface area contributed by atoms with Crippen LogP contribution in [0.15, 0.2) is 41.6 Å². The number of hydrogen-bond acceptors (Lipinski definition) is 5. The average molecular weight is 440 g/mol. The van der Waals surface area contributed by atoms with E-state index in [1.165, 1.54) is 0 Å². The summed E-state index contributed by atoms with van der Waals surface area (Å²) in [5.74, 6) is 2.77. The first-order valence-corrected chi connectivity index (χ1v) is 11.3. The molecule has 0 fully saturated rings. The molecular formula is C27H37NO4. The van der Waals surface area contributed by atoms with Crippen molar-refractivity contribution in [2.75, 3.05) is 26.9 Å². The molecule has 174 valence electrons. The van der Waals surface area contributed by atoms with Gasteiger partial charge in [-0.25, -0.2) is 0 Å². The van der Waals surface area contributed by atoms with Crippen LogP contribution in [-0.2, 0) is 4.84 Å². The first-order valence-electron chi connectivity index (χ1n) is 11.3. The van der Waals surface area contributed by atoms with Crippen LogP contribution in [0.4, 0.5) is 0 Å². The van der Waals surface area contributed by atoms with Crippen LogP contribution in [0.3, 0.4) is 0 Å². The van der Waals surface area contributed by atoms with E-state index < -0.39 is 0 Å². The van der Waals surface area contributed by atoms with Gasteiger partial charge in [-0.2, -0.15) is 0 Å². The number of unbranched alkanes of at least 4 members (excludes halogenated alkanes) is 2. The Morgan fingerprint density at radius 3 is 2.19 bits per heavy atom. The average Bonchev–Trinajstić information content (AvgIpc) is 2.77. The van der Waals surface area contributed by atoms with Crippen molar-refractivity contribution in [3.63, 3.8) is 0 Å². The molecule has 0 atom stereocenters. The van der Waals surface area contributed by atoms with Crippen molar-refractivity contribution >= 4 is 6.21 Å². The van der Waals surface area contributed by atoms with Crippen LogP contribution in [0.25, 0.3) is 0 Å². The third-order valence-corrected chi connectivity index (χ3v) is 5.38. The van der Waals surface area contributed by atoms with E-state index in [4.69, 9.17) is 19.0 Å². The molecule has 0 amide bonds. The first-order chi connectivity index (χ1) is 15.5. The molecular weight excluding hydrogens is 402 g/mol. The molecule has 0 spiro atoms. The summed E-state index contributed by atoms with van der Waals surface area (Å²) in [4.78, 5) is 4.77. The van der Waals surface area contributed by atoms with Crippen molar-refractivity contribution in [2.24, 2.45) is 5.16 Å². The van der Waals surface area contributed by atoms with E-state index in [9.17, 15) is 0 Å². The second kappa shape index (κ2) is 13.5. The van der Waals surface area contributed by atoms with Gasteiger partial charge in [-0.3, -0.25) is 0 Å². The van der Waals surface area contributed by atoms with Crippen LogP contribution in [0.2, 0.25) is 0 Å². The van der Waals surface area contributed by atoms with Gasteiger partial charge in [-0.05, 0) is 106 Å². The zero-order valence-electron chi connectivity index (χ0n) is 20.4. The smallest absolute Gasteiger partial charge is 0.125 e. The second-order valence-electron chi connectivity index (χ2n) is 7.84. The number of nitrogens with zero attached hydrogens (tertiary/aromatic N) is 1. The molecule has 2 aromatic carbocycles. The highest BCUT2D eigenvalue weighted by Gasteiger charge is 2.08. The van der Waals surface area contributed by atoms with E-state index in [0.717, 1.165) is 64.3 Å². The van der Waals surface area contributed by atoms with Gasteiger partial charge < -0.3 is 19.0 Å². The van der Waals surface area contributed by atoms with Crippen molar-refractivity contribution in [3.05, 3.63) is 64.2 Å². The maximum Gasteiger partial charge on any atom is 0.125 e. The van der Waals surface area contributed by atoms with Crippen LogP contribution in [0, 0.1) is 27.7 Å². The van der Waals surface area contributed by atoms with Gasteiger partial charge in [-0.1, -0.05) is 17.3 Å². The van der Waals surface area contributed by atoms with Crippen molar-refractivity contribution < 1.29 is 19.0 Å². The molecule has 2 aromatic rings. The zero-order valence-corrected chi connectivity index (χ0v) is 20.4. The Morgan fingerprint density at radius 2 is 1.53 bits per heavy atom. The zero-order chi connectivity index (χ0) is 23.3. The predicted octanol–water partition coefficient (Wildman–Crippen LogP) is 6.48. The molecule has 0 bridgehead atoms. The number of aryl methyl sites for hydroxylation is 2. The summed E-state index contributed by atoms with van der Waals surface area (Å²) >= 11 is 0. The minimum Gasteiger partial charge on any atom is -0.493 e. The number of hydrogen-bond donors (Lipinski definition) is 0. The standard InChI is InChI=1S/C27H37NO4/c1-7-8-14-30-25-17-20(2)27(21(3)18-25)32-16-11-9-10-15-31-26-13-12-24(19-28-29-6)22(4)23(26)5/h7-8,12-13,17-19H,9-11,14-16H2,1-6H3/b8-7+,28-19+. The lowest BCUT2D eigenvalue weighted by Crippen LogP contribution is -2.04. The highest BCUT2D eigenvalue weighted by molar-refractivity contribution is 5.82. The topological polar surface area (TPSA) is 49.3 Å². The fourth-order valence-electron chi connectivity index (χ4n) is 3.42. The lowest BCUT2D eigenvalue weighted by atomic mass is 10.0. The molecule has 0 aromatic heterocycles. The lowest BCUT2D eigenvalue weighted by molar-refractivity contribution is 0.215. The molecule has 0 radical (unpaired) electrons. The molecule has 32 heavy (non-hydrogen) atoms. The van der Waals surface area contributed by atoms with Crippen LogP contribution in [-0.4, -0.2) is 33.1 Å². The Bertz CT molecular complexity index is 895. The van der Waals surface area contributed by atoms with Crippen molar-refractivity contribution in [1.82, 2.24) is 0 Å². The van der Waals surface area contributed by atoms with Crippen molar-refractivity contribution in [2.45, 2.75) is 53.9 Å². The van der Waals surface area contributed by atoms with E-state index in [1.54, 1.807) is 13.3 Å². The Morgan fingerprint density at radius 1 is 0.844 bits per heavy atom. The van der Waals surface area contributed by atoms with Crippen molar-refractivity contribution in [1.29, 1.82) is 0 Å². The predicted molar refractivity (Wildman–Crippen MR) is 132 cm³/mol. The minimum atomic E-state index is 0.586. The fraction of sp³-hybridized carbons (Fsp3) is 0.444. The number of benzene rings is 2. The first kappa shape index (κ1) is 25.3. The van der Waals surface area contributed by atoms with Gasteiger partial charge in [0, 0.05) is 0 Å². The van der Waals surface area contributed by atoms with E-state index in [-0.39, 0.29) is 0 Å². The maximum atomic E-state index is 6.06. The molecule has 0 saturated heterocycles. The quantitative estimate of drug-likeness (QED) is 0.155. The molecule has 0 saturated carbocycles. The number of ether oxygens (including phenoxy) is 3. The Labute approximate surface area is 193 Å². The van der Waals surface area contributed by atoms with Gasteiger partial charge >= 0.3 is 0 Å². The largest absolute Gasteiger partial charge is 0.493 e. The lowest BCUT2D eigenvalue weighted by Gasteiger charge is -2.15. The SMILES string of the molecule is C/C=C/COc1cc(C)c(OCCCCCOc2ccc(/C=N/OC)c(C)c2C)c(C)c1. The Balaban J connectivity index is 1.73. The molecule has 5 heteroatoms. The molecule has 0 aliphatic rings. The summed E-state index contributed by atoms with van der Waals surface area (Å²) in [6.07, 6.45) is 8.74. The van der Waals surface area contributed by atoms with Crippen molar-refractivity contribution in [3.8, 4) is 17.2 Å². The van der Waals surface area contributed by atoms with E-state index in [1.807, 2.05) is 43.3 Å². The van der Waals surface area contributed by atoms with Gasteiger partial charge in [0.15, 0.2) is 0 Å². The monoisotopic (exact) mass is 439 g/mol. The third-order valence-electron chi connectivity index (χ3n) is 5.38. The number of oxime groups is 1. The molecule has 0 aliphatic carbocycles. The van der Waals surface area contributed by atoms with Gasteiger partial charge in [0.1, 0.15) is 31.0 Å². The molecule has 5 nitrogen and oxygen atoms in total. The minimum absolute atomic E-state index is 0.586. The Kier molecular flexibility index (Phi) is 10.6. The normalized spacial score (nSPS) is 11.3. The van der Waals surface area contributed by atoms with Gasteiger partial charge in [-0.15, -0.1) is 0 Å².